The Kier molecular flexibility index (Phi) is 7.07. The monoisotopic (exact) mass is 416 g/mol. The first-order chi connectivity index (χ1) is 14.6. The molecule has 1 N–H and O–H groups in total. The number of hydrogen-bond donors (Lipinski definition) is 1. The van der Waals surface area contributed by atoms with Gasteiger partial charge in [0.2, 0.25) is 5.75 Å². The van der Waals surface area contributed by atoms with Gasteiger partial charge >= 0.3 is 0 Å². The van der Waals surface area contributed by atoms with Gasteiger partial charge < -0.3 is 33.5 Å². The number of hydrogen-bond acceptors (Lipinski definition) is 7. The predicted molar refractivity (Wildman–Crippen MR) is 113 cm³/mol. The lowest BCUT2D eigenvalue weighted by molar-refractivity contribution is 0.0717. The van der Waals surface area contributed by atoms with E-state index in [9.17, 15) is 5.11 Å². The summed E-state index contributed by atoms with van der Waals surface area (Å²) in [5.74, 6) is 2.71. The molecular formula is C23H28O7. The Morgan fingerprint density at radius 2 is 1.50 bits per heavy atom. The topological polar surface area (TPSA) is 75.6 Å². The maximum atomic E-state index is 10.1. The number of methoxy groups -OCH3 is 5. The third kappa shape index (κ3) is 4.17. The standard InChI is InChI=1S/C23H28O7/c1-25-18-7-6-14(9-19(18)26-2)8-16-13-30-22(17(16)12-24)15-10-20(27-3)23(29-5)21(11-15)28-4/h6-11,17,22,24H,12-13H2,1-5H3. The minimum atomic E-state index is -0.338. The molecule has 1 aliphatic rings. The van der Waals surface area contributed by atoms with Crippen LogP contribution in [0.3, 0.4) is 0 Å². The van der Waals surface area contributed by atoms with Crippen molar-refractivity contribution < 1.29 is 33.5 Å². The highest BCUT2D eigenvalue weighted by molar-refractivity contribution is 5.60. The van der Waals surface area contributed by atoms with Gasteiger partial charge in [0.15, 0.2) is 23.0 Å². The molecular weight excluding hydrogens is 388 g/mol. The van der Waals surface area contributed by atoms with Crippen molar-refractivity contribution in [3.05, 3.63) is 47.0 Å². The number of ether oxygens (including phenoxy) is 6. The number of aliphatic hydroxyl groups is 1. The third-order valence-corrected chi connectivity index (χ3v) is 5.24. The molecule has 2 aromatic rings. The van der Waals surface area contributed by atoms with Crippen molar-refractivity contribution in [2.24, 2.45) is 5.92 Å². The molecule has 2 unspecified atom stereocenters. The fourth-order valence-electron chi connectivity index (χ4n) is 3.72. The summed E-state index contributed by atoms with van der Waals surface area (Å²) in [6.07, 6.45) is 1.68. The van der Waals surface area contributed by atoms with E-state index in [1.165, 1.54) is 0 Å². The van der Waals surface area contributed by atoms with E-state index in [4.69, 9.17) is 28.4 Å². The van der Waals surface area contributed by atoms with Gasteiger partial charge in [0.05, 0.1) is 54.9 Å². The van der Waals surface area contributed by atoms with Crippen molar-refractivity contribution in [2.75, 3.05) is 48.8 Å². The zero-order chi connectivity index (χ0) is 21.7. The Morgan fingerprint density at radius 3 is 2.03 bits per heavy atom. The van der Waals surface area contributed by atoms with E-state index in [1.807, 2.05) is 36.4 Å². The highest BCUT2D eigenvalue weighted by Crippen LogP contribution is 2.45. The smallest absolute Gasteiger partial charge is 0.203 e. The first-order valence-electron chi connectivity index (χ1n) is 9.55. The summed E-state index contributed by atoms with van der Waals surface area (Å²) >= 11 is 0. The maximum absolute atomic E-state index is 10.1. The summed E-state index contributed by atoms with van der Waals surface area (Å²) in [5, 5.41) is 10.1. The average molecular weight is 416 g/mol. The van der Waals surface area contributed by atoms with Crippen LogP contribution < -0.4 is 23.7 Å². The van der Waals surface area contributed by atoms with Crippen molar-refractivity contribution in [1.82, 2.24) is 0 Å². The molecule has 2 aromatic carbocycles. The predicted octanol–water partition coefficient (Wildman–Crippen LogP) is 3.49. The fraction of sp³-hybridized carbons (Fsp3) is 0.391. The van der Waals surface area contributed by atoms with Crippen LogP contribution in [0.25, 0.3) is 6.08 Å². The SMILES string of the molecule is COc1ccc(C=C2COC(c3cc(OC)c(OC)c(OC)c3)C2CO)cc1OC. The minimum Gasteiger partial charge on any atom is -0.493 e. The fourth-order valence-corrected chi connectivity index (χ4v) is 3.72. The lowest BCUT2D eigenvalue weighted by Gasteiger charge is -2.20. The van der Waals surface area contributed by atoms with E-state index >= 15 is 0 Å². The minimum absolute atomic E-state index is 0.0551. The summed E-state index contributed by atoms with van der Waals surface area (Å²) < 4.78 is 33.0. The van der Waals surface area contributed by atoms with Crippen molar-refractivity contribution in [2.45, 2.75) is 6.10 Å². The molecule has 30 heavy (non-hydrogen) atoms. The van der Waals surface area contributed by atoms with E-state index < -0.39 is 0 Å². The van der Waals surface area contributed by atoms with Gasteiger partial charge in [-0.3, -0.25) is 0 Å². The second-order valence-electron chi connectivity index (χ2n) is 6.81. The second-order valence-corrected chi connectivity index (χ2v) is 6.81. The highest BCUT2D eigenvalue weighted by atomic mass is 16.5. The van der Waals surface area contributed by atoms with E-state index in [-0.39, 0.29) is 18.6 Å². The van der Waals surface area contributed by atoms with Crippen LogP contribution in [0.5, 0.6) is 28.7 Å². The van der Waals surface area contributed by atoms with Gasteiger partial charge in [-0.05, 0) is 41.0 Å². The van der Waals surface area contributed by atoms with Gasteiger partial charge in [-0.15, -0.1) is 0 Å². The largest absolute Gasteiger partial charge is 0.493 e. The van der Waals surface area contributed by atoms with Crippen LogP contribution in [-0.2, 0) is 4.74 Å². The molecule has 0 radical (unpaired) electrons. The number of rotatable bonds is 8. The van der Waals surface area contributed by atoms with Crippen LogP contribution in [0.1, 0.15) is 17.2 Å². The molecule has 162 valence electrons. The van der Waals surface area contributed by atoms with Crippen molar-refractivity contribution in [1.29, 1.82) is 0 Å². The molecule has 0 spiro atoms. The van der Waals surface area contributed by atoms with Gasteiger partial charge in [-0.1, -0.05) is 12.1 Å². The summed E-state index contributed by atoms with van der Waals surface area (Å²) in [5.41, 5.74) is 2.78. The van der Waals surface area contributed by atoms with Crippen molar-refractivity contribution in [3.8, 4) is 28.7 Å². The lowest BCUT2D eigenvalue weighted by Crippen LogP contribution is -2.13. The van der Waals surface area contributed by atoms with Gasteiger partial charge in [0.25, 0.3) is 0 Å². The van der Waals surface area contributed by atoms with Crippen molar-refractivity contribution in [3.63, 3.8) is 0 Å². The summed E-state index contributed by atoms with van der Waals surface area (Å²) in [6.45, 7) is 0.349. The molecule has 2 atom stereocenters. The Labute approximate surface area is 176 Å². The molecule has 7 nitrogen and oxygen atoms in total. The molecule has 0 amide bonds. The van der Waals surface area contributed by atoms with Crippen LogP contribution in [0, 0.1) is 5.92 Å². The van der Waals surface area contributed by atoms with Gasteiger partial charge in [-0.2, -0.15) is 0 Å². The van der Waals surface area contributed by atoms with E-state index in [1.54, 1.807) is 35.5 Å². The van der Waals surface area contributed by atoms with Gasteiger partial charge in [0.1, 0.15) is 0 Å². The second kappa shape index (κ2) is 9.73. The van der Waals surface area contributed by atoms with E-state index in [0.29, 0.717) is 35.4 Å². The Bertz CT molecular complexity index is 881. The molecule has 0 aromatic heterocycles. The molecule has 1 fully saturated rings. The van der Waals surface area contributed by atoms with E-state index in [0.717, 1.165) is 16.7 Å². The summed E-state index contributed by atoms with van der Waals surface area (Å²) in [6, 6.07) is 9.40. The highest BCUT2D eigenvalue weighted by Gasteiger charge is 2.34. The van der Waals surface area contributed by atoms with Gasteiger partial charge in [0, 0.05) is 5.92 Å². The zero-order valence-electron chi connectivity index (χ0n) is 17.9. The van der Waals surface area contributed by atoms with Crippen LogP contribution in [0.4, 0.5) is 0 Å². The molecule has 0 aliphatic carbocycles. The number of benzene rings is 2. The maximum Gasteiger partial charge on any atom is 0.203 e. The first kappa shape index (κ1) is 21.8. The van der Waals surface area contributed by atoms with Crippen LogP contribution in [0.2, 0.25) is 0 Å². The quantitative estimate of drug-likeness (QED) is 0.706. The van der Waals surface area contributed by atoms with Crippen molar-refractivity contribution >= 4 is 6.08 Å². The Balaban J connectivity index is 1.95. The molecule has 3 rings (SSSR count). The summed E-state index contributed by atoms with van der Waals surface area (Å²) in [7, 11) is 7.91. The zero-order valence-corrected chi connectivity index (χ0v) is 17.9. The van der Waals surface area contributed by atoms with Gasteiger partial charge in [-0.25, -0.2) is 0 Å². The Hall–Kier alpha value is -2.90. The normalized spacial score (nSPS) is 19.6. The molecule has 1 saturated heterocycles. The van der Waals surface area contributed by atoms with Crippen LogP contribution in [-0.4, -0.2) is 53.9 Å². The third-order valence-electron chi connectivity index (χ3n) is 5.24. The Morgan fingerprint density at radius 1 is 0.867 bits per heavy atom. The number of aliphatic hydroxyl groups excluding tert-OH is 1. The molecule has 0 saturated carbocycles. The molecule has 0 bridgehead atoms. The van der Waals surface area contributed by atoms with Crippen LogP contribution in [0.15, 0.2) is 35.9 Å². The average Bonchev–Trinajstić information content (AvgIpc) is 3.20. The summed E-state index contributed by atoms with van der Waals surface area (Å²) in [4.78, 5) is 0. The van der Waals surface area contributed by atoms with E-state index in [2.05, 4.69) is 0 Å². The first-order valence-corrected chi connectivity index (χ1v) is 9.55. The molecule has 1 aliphatic heterocycles. The lowest BCUT2D eigenvalue weighted by atomic mass is 9.91. The molecule has 7 heteroatoms. The molecule has 1 heterocycles. The van der Waals surface area contributed by atoms with Crippen LogP contribution >= 0.6 is 0 Å².